The van der Waals surface area contributed by atoms with E-state index in [2.05, 4.69) is 38.7 Å². The average molecular weight is 989 g/mol. The van der Waals surface area contributed by atoms with Gasteiger partial charge in [-0.2, -0.15) is 0 Å². The maximum atomic E-state index is 15.4. The molecule has 5 aromatic carbocycles. The van der Waals surface area contributed by atoms with Crippen LogP contribution in [0.3, 0.4) is 0 Å². The Hall–Kier alpha value is -6.05. The summed E-state index contributed by atoms with van der Waals surface area (Å²) in [5, 5.41) is 3.52. The van der Waals surface area contributed by atoms with Crippen LogP contribution in [0.2, 0.25) is 18.1 Å². The van der Waals surface area contributed by atoms with Crippen molar-refractivity contribution >= 4 is 86.8 Å². The van der Waals surface area contributed by atoms with Gasteiger partial charge in [-0.15, -0.1) is 0 Å². The van der Waals surface area contributed by atoms with E-state index >= 15 is 14.4 Å². The highest BCUT2D eigenvalue weighted by Gasteiger charge is 2.56. The molecule has 0 radical (unpaired) electrons. The summed E-state index contributed by atoms with van der Waals surface area (Å²) in [5.41, 5.74) is 1.55. The fourth-order valence-corrected chi connectivity index (χ4v) is 18.6. The van der Waals surface area contributed by atoms with Gasteiger partial charge in [-0.25, -0.2) is 18.0 Å². The number of anilines is 1. The van der Waals surface area contributed by atoms with Crippen LogP contribution in [0.4, 0.5) is 10.5 Å². The third-order valence-corrected chi connectivity index (χ3v) is 24.0. The van der Waals surface area contributed by atoms with Crippen molar-refractivity contribution in [2.75, 3.05) is 31.1 Å². The summed E-state index contributed by atoms with van der Waals surface area (Å²) in [4.78, 5) is 59.9. The monoisotopic (exact) mass is 988 g/mol. The molecule has 2 aliphatic heterocycles. The number of hydrogen-bond acceptors (Lipinski definition) is 10. The van der Waals surface area contributed by atoms with Gasteiger partial charge in [0, 0.05) is 31.2 Å². The number of carbonyl (C=O) groups is 4. The first-order valence-corrected chi connectivity index (χ1v) is 29.3. The maximum absolute atomic E-state index is 15.4. The molecule has 1 saturated heterocycles. The Morgan fingerprint density at radius 1 is 0.783 bits per heavy atom. The molecule has 1 amide bonds. The predicted molar refractivity (Wildman–Crippen MR) is 277 cm³/mol. The first kappa shape index (κ1) is 50.8. The quantitative estimate of drug-likeness (QED) is 0.0221. The van der Waals surface area contributed by atoms with E-state index in [4.69, 9.17) is 18.6 Å². The molecule has 362 valence electrons. The molecule has 1 N–H and O–H groups in total. The van der Waals surface area contributed by atoms with Crippen LogP contribution < -0.4 is 20.6 Å². The van der Waals surface area contributed by atoms with E-state index in [-0.39, 0.29) is 48.8 Å². The molecule has 5 aromatic rings. The van der Waals surface area contributed by atoms with Gasteiger partial charge in [0.25, 0.3) is 10.0 Å². The molecule has 1 fully saturated rings. The van der Waals surface area contributed by atoms with Crippen molar-refractivity contribution in [3.05, 3.63) is 152 Å². The van der Waals surface area contributed by atoms with Gasteiger partial charge in [-0.05, 0) is 69.5 Å². The number of hydrogen-bond donors (Lipinski definition) is 1. The molecule has 69 heavy (non-hydrogen) atoms. The van der Waals surface area contributed by atoms with Crippen molar-refractivity contribution in [2.45, 2.75) is 76.0 Å². The molecule has 12 nitrogen and oxygen atoms in total. The number of ether oxygens (including phenoxy) is 3. The van der Waals surface area contributed by atoms with Gasteiger partial charge in [0.05, 0.1) is 24.3 Å². The van der Waals surface area contributed by atoms with Gasteiger partial charge in [-0.3, -0.25) is 14.3 Å². The fourth-order valence-electron chi connectivity index (χ4n) is 9.95. The lowest BCUT2D eigenvalue weighted by atomic mass is 9.75. The van der Waals surface area contributed by atoms with E-state index in [9.17, 15) is 13.2 Å². The number of nitrogens with one attached hydrogen (secondary N) is 1. The fraction of sp³-hybridized carbons (Fsp3) is 0.315. The number of amides is 1. The summed E-state index contributed by atoms with van der Waals surface area (Å²) < 4.78 is 54.2. The molecule has 0 spiro atoms. The number of carbonyl (C=O) groups excluding carboxylic acids is 4. The van der Waals surface area contributed by atoms with Crippen molar-refractivity contribution in [1.82, 2.24) is 4.90 Å². The highest BCUT2D eigenvalue weighted by molar-refractivity contribution is 7.96. The third kappa shape index (κ3) is 10.0. The van der Waals surface area contributed by atoms with E-state index in [0.717, 1.165) is 39.4 Å². The van der Waals surface area contributed by atoms with E-state index in [1.54, 1.807) is 19.1 Å². The van der Waals surface area contributed by atoms with Crippen LogP contribution in [0, 0.1) is 11.8 Å². The molecule has 0 aromatic heterocycles. The largest absolute Gasteiger partial charge is 0.508 e. The van der Waals surface area contributed by atoms with Gasteiger partial charge in [0.2, 0.25) is 5.91 Å². The highest BCUT2D eigenvalue weighted by atomic mass is 32.2. The molecular formula is C54H61N2O10PSSi. The van der Waals surface area contributed by atoms with Crippen molar-refractivity contribution in [3.63, 3.8) is 0 Å². The molecule has 0 bridgehead atoms. The smallest absolute Gasteiger partial charge is 0.457 e. The summed E-state index contributed by atoms with van der Waals surface area (Å²) in [6.45, 7) is 12.0. The second kappa shape index (κ2) is 22.1. The van der Waals surface area contributed by atoms with Crippen LogP contribution in [0.15, 0.2) is 145 Å². The van der Waals surface area contributed by atoms with Gasteiger partial charge >= 0.3 is 12.1 Å². The first-order valence-electron chi connectivity index (χ1n) is 23.5. The Balaban J connectivity index is 1.42. The summed E-state index contributed by atoms with van der Waals surface area (Å²) in [6, 6.07) is 37.8. The van der Waals surface area contributed by atoms with E-state index < -0.39 is 61.1 Å². The number of benzene rings is 5. The van der Waals surface area contributed by atoms with Gasteiger partial charge < -0.3 is 23.5 Å². The average Bonchev–Trinajstić information content (AvgIpc) is 3.66. The number of β-lactam (4-membered cyclic amide) rings is 1. The van der Waals surface area contributed by atoms with Crippen molar-refractivity contribution < 1.29 is 46.2 Å². The molecule has 15 heteroatoms. The van der Waals surface area contributed by atoms with Gasteiger partial charge in [0.1, 0.15) is 29.3 Å². The van der Waals surface area contributed by atoms with Crippen LogP contribution in [0.1, 0.15) is 45.2 Å². The SMILES string of the molecule is C=CCOC(=O)OCC[C@@H]1C(=O)N(C(C(=O)OCC=C)=P(c2ccccc2)(c2ccccc2)c2ccccc2)[C@@H]1[C@@H](C)C(=O)Cc1c(CCO[Si](CC)(CC)CC)cc2cccc3c2c1S(=O)(=O)N3. The third-order valence-electron chi connectivity index (χ3n) is 13.6. The van der Waals surface area contributed by atoms with Crippen molar-refractivity contribution in [3.8, 4) is 0 Å². The van der Waals surface area contributed by atoms with Crippen LogP contribution in [-0.4, -0.2) is 83.3 Å². The number of Topliss-reactive ketones (excluding diaryl/α,β-unsaturated/α-hetero) is 1. The molecule has 2 aliphatic rings. The maximum Gasteiger partial charge on any atom is 0.508 e. The zero-order valence-electron chi connectivity index (χ0n) is 39.7. The minimum atomic E-state index is -4.10. The Morgan fingerprint density at radius 3 is 1.90 bits per heavy atom. The first-order chi connectivity index (χ1) is 33.3. The number of rotatable bonds is 23. The molecule has 2 heterocycles. The second-order valence-corrected chi connectivity index (χ2v) is 27.0. The Morgan fingerprint density at radius 2 is 1.35 bits per heavy atom. The standard InChI is InChI=1S/C54H61N2O10PSSi/c1-7-32-63-53(59)52(67(41-23-15-12-16-24-41,42-25-17-13-18-26-42)43-27-19-14-20-28-43)56-49(44(51(56)58)31-34-65-54(60)64-33-8-2)38(6)47(57)37-45-39(30-35-66-69(9-3,10-4)11-5)36-40-22-21-29-46-48(40)50(45)68(61,62)55-46/h7-8,12-29,36,38,44,49,55H,1-2,9-11,30-35,37H2,3-6H3/t38-,44-,49+/m0/s1. The molecule has 0 saturated carbocycles. The van der Waals surface area contributed by atoms with Crippen molar-refractivity contribution in [1.29, 1.82) is 0 Å². The summed E-state index contributed by atoms with van der Waals surface area (Å²) in [6.07, 6.45) is 1.98. The minimum absolute atomic E-state index is 0.00729. The summed E-state index contributed by atoms with van der Waals surface area (Å²) in [5.74, 6) is -3.50. The Kier molecular flexibility index (Phi) is 16.3. The number of likely N-dealkylation sites (tertiary alicyclic amines) is 1. The molecule has 0 unspecified atom stereocenters. The van der Waals surface area contributed by atoms with Gasteiger partial charge in [-0.1, -0.05) is 162 Å². The summed E-state index contributed by atoms with van der Waals surface area (Å²) in [7, 11) is -6.13. The second-order valence-electron chi connectivity index (χ2n) is 17.3. The predicted octanol–water partition coefficient (Wildman–Crippen LogP) is 8.68. The zero-order valence-corrected chi connectivity index (χ0v) is 42.4. The van der Waals surface area contributed by atoms with Crippen LogP contribution in [0.25, 0.3) is 10.8 Å². The van der Waals surface area contributed by atoms with Crippen LogP contribution in [0.5, 0.6) is 0 Å². The molecular weight excluding hydrogens is 928 g/mol. The molecule has 0 aliphatic carbocycles. The van der Waals surface area contributed by atoms with Crippen molar-refractivity contribution in [2.24, 2.45) is 11.8 Å². The minimum Gasteiger partial charge on any atom is -0.457 e. The summed E-state index contributed by atoms with van der Waals surface area (Å²) >= 11 is 0. The Labute approximate surface area is 406 Å². The molecule has 7 rings (SSSR count). The molecule has 3 atom stereocenters. The number of sulfonamides is 1. The lowest BCUT2D eigenvalue weighted by Gasteiger charge is -2.52. The number of ketones is 1. The number of nitrogens with zero attached hydrogens (tertiary/aromatic N) is 1. The van der Waals surface area contributed by atoms with E-state index in [0.29, 0.717) is 35.2 Å². The van der Waals surface area contributed by atoms with Crippen LogP contribution >= 0.6 is 6.89 Å². The van der Waals surface area contributed by atoms with E-state index in [1.807, 2.05) is 103 Å². The lowest BCUT2D eigenvalue weighted by Crippen LogP contribution is -2.68. The normalized spacial score (nSPS) is 16.5. The van der Waals surface area contributed by atoms with Crippen LogP contribution in [-0.2, 0) is 55.9 Å². The lowest BCUT2D eigenvalue weighted by molar-refractivity contribution is -0.156. The number of esters is 1. The highest BCUT2D eigenvalue weighted by Crippen LogP contribution is 2.51. The topological polar surface area (TPSA) is 155 Å². The van der Waals surface area contributed by atoms with Gasteiger partial charge in [0.15, 0.2) is 8.32 Å². The zero-order chi connectivity index (χ0) is 49.3. The Bertz CT molecular complexity index is 2780. The van der Waals surface area contributed by atoms with E-state index in [1.165, 1.54) is 17.1 Å².